The molecule has 292 valence electrons. The Morgan fingerprint density at radius 1 is 0.302 bits per heavy atom. The third-order valence-corrected chi connectivity index (χ3v) is 15.0. The van der Waals surface area contributed by atoms with Crippen molar-refractivity contribution < 1.29 is 0 Å². The van der Waals surface area contributed by atoms with Gasteiger partial charge in [-0.2, -0.15) is 0 Å². The van der Waals surface area contributed by atoms with E-state index in [0.717, 1.165) is 16.7 Å². The first kappa shape index (κ1) is 34.7. The summed E-state index contributed by atoms with van der Waals surface area (Å²) in [4.78, 5) is 23.8. The van der Waals surface area contributed by atoms with E-state index in [4.69, 9.17) is 15.0 Å². The number of nitrogens with zero attached hydrogens (tertiary/aromatic N) is 5. The molecule has 6 heteroatoms. The van der Waals surface area contributed by atoms with Gasteiger partial charge in [-0.15, -0.1) is 11.3 Å². The summed E-state index contributed by atoms with van der Waals surface area (Å²) in [6.45, 7) is 0. The highest BCUT2D eigenvalue weighted by molar-refractivity contribution is 7.25. The second-order valence-electron chi connectivity index (χ2n) is 16.7. The number of fused-ring (bicyclic) bond motifs is 19. The highest BCUT2D eigenvalue weighted by atomic mass is 32.1. The maximum atomic E-state index is 5.17. The fraction of sp³-hybridized carbons (Fsp3) is 0.0351. The Morgan fingerprint density at radius 3 is 1.32 bits per heavy atom. The minimum Gasteiger partial charge on any atom is -0.265 e. The van der Waals surface area contributed by atoms with E-state index in [2.05, 4.69) is 162 Å². The van der Waals surface area contributed by atoms with E-state index in [9.17, 15) is 0 Å². The first-order valence-electron chi connectivity index (χ1n) is 21.3. The summed E-state index contributed by atoms with van der Waals surface area (Å²) in [6, 6.07) is 65.2. The van der Waals surface area contributed by atoms with Crippen LogP contribution in [0.4, 0.5) is 0 Å². The van der Waals surface area contributed by atoms with Gasteiger partial charge in [0.15, 0.2) is 17.5 Å². The van der Waals surface area contributed by atoms with Gasteiger partial charge in [0.25, 0.3) is 0 Å². The molecule has 14 rings (SSSR count). The molecule has 0 saturated heterocycles. The zero-order valence-corrected chi connectivity index (χ0v) is 34.5. The Balaban J connectivity index is 1.09. The van der Waals surface area contributed by atoms with E-state index in [0.29, 0.717) is 17.5 Å². The third kappa shape index (κ3) is 4.52. The second kappa shape index (κ2) is 12.8. The van der Waals surface area contributed by atoms with E-state index in [1.807, 2.05) is 35.6 Å². The average molecular weight is 820 g/mol. The van der Waals surface area contributed by atoms with Crippen molar-refractivity contribution in [1.29, 1.82) is 0 Å². The molecule has 0 N–H and O–H groups in total. The highest BCUT2D eigenvalue weighted by Crippen LogP contribution is 2.68. The van der Waals surface area contributed by atoms with Crippen molar-refractivity contribution in [2.75, 3.05) is 0 Å². The molecular weight excluding hydrogens is 787 g/mol. The number of thiophene rings is 1. The summed E-state index contributed by atoms with van der Waals surface area (Å²) < 4.78 is 2.58. The third-order valence-electron chi connectivity index (χ3n) is 13.8. The van der Waals surface area contributed by atoms with Gasteiger partial charge in [0, 0.05) is 61.7 Å². The number of pyridine rings is 2. The second-order valence-corrected chi connectivity index (χ2v) is 17.8. The molecule has 3 aliphatic rings. The largest absolute Gasteiger partial charge is 0.265 e. The van der Waals surface area contributed by atoms with Gasteiger partial charge in [-0.25, -0.2) is 15.0 Å². The van der Waals surface area contributed by atoms with Crippen molar-refractivity contribution in [2.45, 2.75) is 10.8 Å². The normalized spacial score (nSPS) is 14.3. The fourth-order valence-electron chi connectivity index (χ4n) is 11.4. The van der Waals surface area contributed by atoms with Gasteiger partial charge in [-0.3, -0.25) is 9.97 Å². The predicted octanol–water partition coefficient (Wildman–Crippen LogP) is 13.1. The zero-order chi connectivity index (χ0) is 41.3. The zero-order valence-electron chi connectivity index (χ0n) is 33.7. The summed E-state index contributed by atoms with van der Waals surface area (Å²) >= 11 is 1.88. The number of aromatic nitrogens is 5. The Hall–Kier alpha value is -7.93. The summed E-state index contributed by atoms with van der Waals surface area (Å²) in [5.41, 5.74) is 17.0. The van der Waals surface area contributed by atoms with Crippen LogP contribution in [0.2, 0.25) is 0 Å². The summed E-state index contributed by atoms with van der Waals surface area (Å²) in [5, 5.41) is 2.55. The van der Waals surface area contributed by atoms with Crippen molar-refractivity contribution in [1.82, 2.24) is 24.9 Å². The van der Waals surface area contributed by atoms with Crippen molar-refractivity contribution >= 4 is 31.5 Å². The van der Waals surface area contributed by atoms with E-state index in [1.165, 1.54) is 86.9 Å². The molecule has 0 saturated carbocycles. The topological polar surface area (TPSA) is 64.5 Å². The van der Waals surface area contributed by atoms with Gasteiger partial charge in [0.2, 0.25) is 0 Å². The number of hydrogen-bond donors (Lipinski definition) is 0. The SMILES string of the molecule is c1ccc2c(c1)-c1ccccc1C21c2ccccc2C2(c3ccc(-c4nc(-c5ccncc5)nc(-c5ccncc5)n4)cc3-c3cc4c(cc32)sc2ccccc24)c2ccccc21. The monoisotopic (exact) mass is 819 g/mol. The van der Waals surface area contributed by atoms with Gasteiger partial charge in [0.05, 0.1) is 10.8 Å². The molecule has 0 fully saturated rings. The first-order chi connectivity index (χ1) is 31.2. The van der Waals surface area contributed by atoms with Crippen LogP contribution in [-0.2, 0) is 10.8 Å². The van der Waals surface area contributed by atoms with Gasteiger partial charge < -0.3 is 0 Å². The number of benzene rings is 7. The van der Waals surface area contributed by atoms with Crippen LogP contribution in [0.3, 0.4) is 0 Å². The Labute approximate surface area is 367 Å². The predicted molar refractivity (Wildman–Crippen MR) is 253 cm³/mol. The van der Waals surface area contributed by atoms with Crippen molar-refractivity contribution in [3.05, 3.63) is 245 Å². The van der Waals surface area contributed by atoms with Crippen LogP contribution in [0.25, 0.3) is 76.6 Å². The Bertz CT molecular complexity index is 3550. The van der Waals surface area contributed by atoms with E-state index >= 15 is 0 Å². The molecule has 4 aromatic heterocycles. The summed E-state index contributed by atoms with van der Waals surface area (Å²) in [7, 11) is 0. The molecule has 0 atom stereocenters. The van der Waals surface area contributed by atoms with Crippen LogP contribution >= 0.6 is 11.3 Å². The highest BCUT2D eigenvalue weighted by Gasteiger charge is 2.59. The van der Waals surface area contributed by atoms with Crippen molar-refractivity contribution in [3.63, 3.8) is 0 Å². The maximum absolute atomic E-state index is 5.17. The van der Waals surface area contributed by atoms with Crippen LogP contribution in [0, 0.1) is 0 Å². The lowest BCUT2D eigenvalue weighted by Gasteiger charge is -2.48. The quantitative estimate of drug-likeness (QED) is 0.178. The minimum atomic E-state index is -0.623. The molecular formula is C57H33N5S. The molecule has 0 aliphatic heterocycles. The molecule has 7 aromatic carbocycles. The molecule has 0 bridgehead atoms. The van der Waals surface area contributed by atoms with Crippen LogP contribution in [-0.4, -0.2) is 24.9 Å². The Kier molecular flexibility index (Phi) is 7.06. The number of hydrogen-bond acceptors (Lipinski definition) is 6. The molecule has 2 spiro atoms. The molecule has 5 nitrogen and oxygen atoms in total. The van der Waals surface area contributed by atoms with Crippen molar-refractivity contribution in [2.24, 2.45) is 0 Å². The fourth-order valence-corrected chi connectivity index (χ4v) is 12.5. The molecule has 0 radical (unpaired) electrons. The lowest BCUT2D eigenvalue weighted by atomic mass is 9.52. The molecule has 0 unspecified atom stereocenters. The van der Waals surface area contributed by atoms with Crippen LogP contribution in [0.1, 0.15) is 44.5 Å². The van der Waals surface area contributed by atoms with E-state index in [1.54, 1.807) is 24.8 Å². The minimum absolute atomic E-state index is 0.506. The van der Waals surface area contributed by atoms with Crippen molar-refractivity contribution in [3.8, 4) is 56.4 Å². The summed E-state index contributed by atoms with van der Waals surface area (Å²) in [5.74, 6) is 1.80. The average Bonchev–Trinajstić information content (AvgIpc) is 3.97. The van der Waals surface area contributed by atoms with Crippen LogP contribution in [0.5, 0.6) is 0 Å². The number of rotatable bonds is 3. The van der Waals surface area contributed by atoms with Gasteiger partial charge in [-0.05, 0) is 115 Å². The first-order valence-corrected chi connectivity index (χ1v) is 22.1. The lowest BCUT2D eigenvalue weighted by molar-refractivity contribution is 0.633. The lowest BCUT2D eigenvalue weighted by Crippen LogP contribution is -2.43. The van der Waals surface area contributed by atoms with Gasteiger partial charge >= 0.3 is 0 Å². The molecule has 3 aliphatic carbocycles. The van der Waals surface area contributed by atoms with E-state index in [-0.39, 0.29) is 0 Å². The molecule has 63 heavy (non-hydrogen) atoms. The van der Waals surface area contributed by atoms with Gasteiger partial charge in [0.1, 0.15) is 0 Å². The Morgan fingerprint density at radius 2 is 0.746 bits per heavy atom. The molecule has 4 heterocycles. The standard InChI is InChI=1S/C57H33N5S/c1-4-14-43-37(11-1)38-12-2-5-15-44(38)56(43)46-16-6-8-18-48(46)57(49-19-9-7-17-47(49)56)45-22-21-36(31-40(45)41-32-42-39-13-3-10-20-51(39)63-52(42)33-50(41)57)55-61-53(34-23-27-58-28-24-34)60-54(62-55)35-25-29-59-30-26-35/h1-33H. The van der Waals surface area contributed by atoms with E-state index < -0.39 is 10.8 Å². The molecule has 0 amide bonds. The van der Waals surface area contributed by atoms with Crippen LogP contribution in [0.15, 0.2) is 201 Å². The molecule has 11 aromatic rings. The van der Waals surface area contributed by atoms with Crippen LogP contribution < -0.4 is 0 Å². The maximum Gasteiger partial charge on any atom is 0.164 e. The smallest absolute Gasteiger partial charge is 0.164 e. The summed E-state index contributed by atoms with van der Waals surface area (Å²) in [6.07, 6.45) is 7.10. The van der Waals surface area contributed by atoms with Gasteiger partial charge in [-0.1, -0.05) is 127 Å².